The van der Waals surface area contributed by atoms with Crippen LogP contribution in [-0.2, 0) is 6.42 Å². The Bertz CT molecular complexity index is 435. The molecule has 0 N–H and O–H groups in total. The third kappa shape index (κ3) is 4.10. The molecule has 0 aliphatic carbocycles. The fourth-order valence-electron chi connectivity index (χ4n) is 1.72. The molecule has 0 amide bonds. The van der Waals surface area contributed by atoms with Gasteiger partial charge >= 0.3 is 0 Å². The van der Waals surface area contributed by atoms with Crippen LogP contribution in [0, 0.1) is 6.92 Å². The number of benzene rings is 1. The van der Waals surface area contributed by atoms with Crippen molar-refractivity contribution in [3.63, 3.8) is 0 Å². The molecular weight excluding hydrogens is 208 g/mol. The summed E-state index contributed by atoms with van der Waals surface area (Å²) in [5, 5.41) is 0. The van der Waals surface area contributed by atoms with Crippen molar-refractivity contribution in [1.29, 1.82) is 0 Å². The first kappa shape index (κ1) is 13.6. The van der Waals surface area contributed by atoms with Crippen LogP contribution in [0.1, 0.15) is 38.8 Å². The second-order valence-electron chi connectivity index (χ2n) is 4.46. The molecule has 0 unspecified atom stereocenters. The van der Waals surface area contributed by atoms with E-state index < -0.39 is 0 Å². The highest BCUT2D eigenvalue weighted by Crippen LogP contribution is 2.20. The minimum atomic E-state index is 0.897. The van der Waals surface area contributed by atoms with Gasteiger partial charge in [-0.2, -0.15) is 0 Å². The van der Waals surface area contributed by atoms with E-state index >= 15 is 0 Å². The smallest absolute Gasteiger partial charge is 0.127 e. The molecule has 0 aromatic heterocycles. The summed E-state index contributed by atoms with van der Waals surface area (Å²) in [4.78, 5) is 0. The molecule has 1 nitrogen and oxygen atoms in total. The molecule has 92 valence electrons. The van der Waals surface area contributed by atoms with Gasteiger partial charge in [0.25, 0.3) is 0 Å². The molecule has 0 atom stereocenters. The van der Waals surface area contributed by atoms with Crippen LogP contribution in [-0.4, -0.2) is 0 Å². The Morgan fingerprint density at radius 1 is 1.29 bits per heavy atom. The molecule has 0 fully saturated rings. The predicted molar refractivity (Wildman–Crippen MR) is 74.4 cm³/mol. The van der Waals surface area contributed by atoms with Gasteiger partial charge in [-0.3, -0.25) is 0 Å². The maximum Gasteiger partial charge on any atom is 0.127 e. The van der Waals surface area contributed by atoms with Crippen LogP contribution in [0.5, 0.6) is 5.75 Å². The first-order chi connectivity index (χ1) is 8.06. The number of hydrogen-bond acceptors (Lipinski definition) is 1. The van der Waals surface area contributed by atoms with E-state index in [0.717, 1.165) is 17.9 Å². The van der Waals surface area contributed by atoms with Gasteiger partial charge in [-0.05, 0) is 69.5 Å². The Hall–Kier alpha value is -1.50. The van der Waals surface area contributed by atoms with Gasteiger partial charge in [0, 0.05) is 0 Å². The van der Waals surface area contributed by atoms with Gasteiger partial charge in [0.05, 0.1) is 0 Å². The Morgan fingerprint density at radius 3 is 2.47 bits per heavy atom. The van der Waals surface area contributed by atoms with Crippen LogP contribution in [0.25, 0.3) is 0 Å². The summed E-state index contributed by atoms with van der Waals surface area (Å²) >= 11 is 0. The molecule has 1 rings (SSSR count). The Morgan fingerprint density at radius 2 is 2.00 bits per heavy atom. The maximum absolute atomic E-state index is 5.84. The van der Waals surface area contributed by atoms with E-state index in [1.54, 1.807) is 0 Å². The summed E-state index contributed by atoms with van der Waals surface area (Å²) in [6.45, 7) is 10.4. The molecule has 1 aromatic carbocycles. The molecule has 0 aliphatic heterocycles. The summed E-state index contributed by atoms with van der Waals surface area (Å²) in [6.07, 6.45) is 5.09. The molecule has 0 saturated carbocycles. The monoisotopic (exact) mass is 230 g/mol. The lowest BCUT2D eigenvalue weighted by molar-refractivity contribution is 0.442. The molecular formula is C16H22O. The van der Waals surface area contributed by atoms with Gasteiger partial charge in [-0.25, -0.2) is 0 Å². The van der Waals surface area contributed by atoms with Crippen molar-refractivity contribution in [3.8, 4) is 5.75 Å². The number of aryl methyl sites for hydroxylation is 2. The summed E-state index contributed by atoms with van der Waals surface area (Å²) < 4.78 is 5.84. The Balaban J connectivity index is 2.88. The topological polar surface area (TPSA) is 9.23 Å². The van der Waals surface area contributed by atoms with Crippen molar-refractivity contribution < 1.29 is 4.74 Å². The van der Waals surface area contributed by atoms with Gasteiger partial charge in [0.1, 0.15) is 11.5 Å². The van der Waals surface area contributed by atoms with E-state index in [0.29, 0.717) is 0 Å². The molecule has 0 radical (unpaired) electrons. The third-order valence-electron chi connectivity index (χ3n) is 2.65. The average molecular weight is 230 g/mol. The molecule has 1 heteroatoms. The van der Waals surface area contributed by atoms with Crippen LogP contribution in [0.15, 0.2) is 41.7 Å². The van der Waals surface area contributed by atoms with Gasteiger partial charge in [0.2, 0.25) is 0 Å². The minimum Gasteiger partial charge on any atom is -0.458 e. The van der Waals surface area contributed by atoms with Crippen molar-refractivity contribution in [2.45, 2.75) is 41.0 Å². The highest BCUT2D eigenvalue weighted by atomic mass is 16.5. The van der Waals surface area contributed by atoms with Gasteiger partial charge in [-0.15, -0.1) is 0 Å². The van der Waals surface area contributed by atoms with E-state index in [1.165, 1.54) is 16.7 Å². The summed E-state index contributed by atoms with van der Waals surface area (Å²) in [6, 6.07) is 6.27. The van der Waals surface area contributed by atoms with Crippen molar-refractivity contribution in [1.82, 2.24) is 0 Å². The van der Waals surface area contributed by atoms with E-state index in [2.05, 4.69) is 39.8 Å². The van der Waals surface area contributed by atoms with Gasteiger partial charge in [-0.1, -0.05) is 18.6 Å². The molecule has 0 heterocycles. The fourth-order valence-corrected chi connectivity index (χ4v) is 1.72. The van der Waals surface area contributed by atoms with Crippen molar-refractivity contribution in [3.05, 3.63) is 52.8 Å². The van der Waals surface area contributed by atoms with Crippen LogP contribution in [0.3, 0.4) is 0 Å². The molecule has 0 spiro atoms. The zero-order chi connectivity index (χ0) is 12.8. The lowest BCUT2D eigenvalue weighted by atomic mass is 10.1. The van der Waals surface area contributed by atoms with E-state index in [9.17, 15) is 0 Å². The van der Waals surface area contributed by atoms with Crippen molar-refractivity contribution in [2.24, 2.45) is 0 Å². The summed E-state index contributed by atoms with van der Waals surface area (Å²) in [7, 11) is 0. The average Bonchev–Trinajstić information content (AvgIpc) is 2.27. The molecule has 0 bridgehead atoms. The lowest BCUT2D eigenvalue weighted by Crippen LogP contribution is -1.94. The van der Waals surface area contributed by atoms with Crippen molar-refractivity contribution >= 4 is 0 Å². The number of rotatable bonds is 4. The number of allylic oxidation sites excluding steroid dienone is 3. The highest BCUT2D eigenvalue weighted by Gasteiger charge is 2.01. The molecule has 17 heavy (non-hydrogen) atoms. The van der Waals surface area contributed by atoms with Crippen molar-refractivity contribution in [2.75, 3.05) is 0 Å². The maximum atomic E-state index is 5.84. The first-order valence-corrected chi connectivity index (χ1v) is 6.15. The van der Waals surface area contributed by atoms with Gasteiger partial charge < -0.3 is 4.74 Å². The van der Waals surface area contributed by atoms with E-state index in [-0.39, 0.29) is 0 Å². The van der Waals surface area contributed by atoms with Crippen LogP contribution in [0.4, 0.5) is 0 Å². The number of ether oxygens (including phenoxy) is 1. The zero-order valence-corrected chi connectivity index (χ0v) is 11.5. The normalized spacial score (nSPS) is 11.2. The van der Waals surface area contributed by atoms with E-state index in [4.69, 9.17) is 4.74 Å². The second kappa shape index (κ2) is 6.29. The predicted octanol–water partition coefficient (Wildman–Crippen LogP) is 4.81. The van der Waals surface area contributed by atoms with Crippen LogP contribution in [0.2, 0.25) is 0 Å². The molecule has 0 saturated heterocycles. The largest absolute Gasteiger partial charge is 0.458 e. The van der Waals surface area contributed by atoms with Crippen LogP contribution >= 0.6 is 0 Å². The first-order valence-electron chi connectivity index (χ1n) is 6.15. The minimum absolute atomic E-state index is 0.897. The highest BCUT2D eigenvalue weighted by molar-refractivity contribution is 5.36. The standard InChI is InChI=1S/C16H22O/c1-6-14-8-9-16(11-13(14)5)17-15(7-2)10-12(3)4/h7-11H,6H2,1-5H3/b15-7+. The molecule has 0 aliphatic rings. The Kier molecular flexibility index (Phi) is 5.02. The van der Waals surface area contributed by atoms with Crippen LogP contribution < -0.4 is 4.74 Å². The molecule has 1 aromatic rings. The zero-order valence-electron chi connectivity index (χ0n) is 11.5. The SMILES string of the molecule is C/C=C(\C=C(C)C)Oc1ccc(CC)c(C)c1. The quantitative estimate of drug-likeness (QED) is 0.533. The summed E-state index contributed by atoms with van der Waals surface area (Å²) in [5.41, 5.74) is 3.90. The summed E-state index contributed by atoms with van der Waals surface area (Å²) in [5.74, 6) is 1.80. The fraction of sp³-hybridized carbons (Fsp3) is 0.375. The van der Waals surface area contributed by atoms with Gasteiger partial charge in [0.15, 0.2) is 0 Å². The number of hydrogen-bond donors (Lipinski definition) is 0. The second-order valence-corrected chi connectivity index (χ2v) is 4.46. The van der Waals surface area contributed by atoms with E-state index in [1.807, 2.05) is 25.1 Å². The lowest BCUT2D eigenvalue weighted by Gasteiger charge is -2.09. The third-order valence-corrected chi connectivity index (χ3v) is 2.65. The Labute approximate surface area is 105 Å².